The molecule has 0 amide bonds. The van der Waals surface area contributed by atoms with Crippen LogP contribution in [0.4, 0.5) is 17.1 Å². The summed E-state index contributed by atoms with van der Waals surface area (Å²) in [6, 6.07) is 14.7. The number of hydrogen-bond acceptors (Lipinski definition) is 4. The maximum absolute atomic E-state index is 10.9. The van der Waals surface area contributed by atoms with E-state index in [2.05, 4.69) is 11.4 Å². The van der Waals surface area contributed by atoms with Crippen LogP contribution in [-0.4, -0.2) is 16.1 Å². The van der Waals surface area contributed by atoms with E-state index in [9.17, 15) is 15.2 Å². The second kappa shape index (κ2) is 6.16. The summed E-state index contributed by atoms with van der Waals surface area (Å²) in [4.78, 5) is 10.5. The van der Waals surface area contributed by atoms with Crippen molar-refractivity contribution < 1.29 is 10.0 Å². The fraction of sp³-hybridized carbons (Fsp3) is 0.200. The summed E-state index contributed by atoms with van der Waals surface area (Å²) in [6.45, 7) is 1.73. The standard InChI is InChI=1S/C15H15N2O3/c1-11(18)10-12-6-8-13(9-7-12)16-14-4-2-3-5-15(14)17(19)20/h2,4-9,11,16,18H,10H2,1H3/t11-/m1/s1. The van der Waals surface area contributed by atoms with Crippen molar-refractivity contribution in [3.8, 4) is 0 Å². The summed E-state index contributed by atoms with van der Waals surface area (Å²) in [6.07, 6.45) is 0.195. The number of hydrogen-bond donors (Lipinski definition) is 2. The van der Waals surface area contributed by atoms with Crippen LogP contribution in [0, 0.1) is 16.2 Å². The lowest BCUT2D eigenvalue weighted by atomic mass is 10.1. The van der Waals surface area contributed by atoms with Crippen molar-refractivity contribution in [2.24, 2.45) is 0 Å². The molecule has 103 valence electrons. The van der Waals surface area contributed by atoms with Gasteiger partial charge in [0.05, 0.1) is 11.0 Å². The summed E-state index contributed by atoms with van der Waals surface area (Å²) in [5.41, 5.74) is 2.19. The van der Waals surface area contributed by atoms with E-state index in [4.69, 9.17) is 0 Å². The van der Waals surface area contributed by atoms with Gasteiger partial charge in [-0.05, 0) is 43.2 Å². The molecule has 2 rings (SSSR count). The number of nitro benzene ring substituents is 1. The molecule has 2 N–H and O–H groups in total. The molecule has 0 bridgehead atoms. The molecule has 0 aromatic heterocycles. The van der Waals surface area contributed by atoms with Crippen LogP contribution in [0.5, 0.6) is 0 Å². The molecule has 2 aromatic carbocycles. The molecule has 0 saturated heterocycles. The Morgan fingerprint density at radius 3 is 2.65 bits per heavy atom. The SMILES string of the molecule is C[C@@H](O)Cc1ccc(Nc2cc[c]cc2[N+](=O)[O-])cc1. The van der Waals surface area contributed by atoms with Crippen molar-refractivity contribution >= 4 is 17.1 Å². The topological polar surface area (TPSA) is 75.4 Å². The Labute approximate surface area is 117 Å². The molecule has 5 heteroatoms. The average Bonchev–Trinajstić information content (AvgIpc) is 2.41. The van der Waals surface area contributed by atoms with E-state index in [1.54, 1.807) is 19.1 Å². The highest BCUT2D eigenvalue weighted by atomic mass is 16.6. The summed E-state index contributed by atoms with van der Waals surface area (Å²) in [5.74, 6) is 0. The van der Waals surface area contributed by atoms with E-state index in [1.165, 1.54) is 6.07 Å². The summed E-state index contributed by atoms with van der Waals surface area (Å²) in [7, 11) is 0. The van der Waals surface area contributed by atoms with Gasteiger partial charge in [-0.25, -0.2) is 0 Å². The number of benzene rings is 2. The van der Waals surface area contributed by atoms with Crippen LogP contribution in [0.1, 0.15) is 12.5 Å². The van der Waals surface area contributed by atoms with Crippen molar-refractivity contribution in [2.45, 2.75) is 19.4 Å². The Morgan fingerprint density at radius 1 is 1.35 bits per heavy atom. The number of aliphatic hydroxyl groups is 1. The highest BCUT2D eigenvalue weighted by molar-refractivity contribution is 5.69. The van der Waals surface area contributed by atoms with Crippen LogP contribution in [0.25, 0.3) is 0 Å². The monoisotopic (exact) mass is 271 g/mol. The molecule has 0 aliphatic heterocycles. The van der Waals surface area contributed by atoms with Gasteiger partial charge in [-0.15, -0.1) is 0 Å². The first-order valence-electron chi connectivity index (χ1n) is 6.25. The predicted octanol–water partition coefficient (Wildman–Crippen LogP) is 3.06. The van der Waals surface area contributed by atoms with Gasteiger partial charge in [0, 0.05) is 11.8 Å². The maximum Gasteiger partial charge on any atom is 0.293 e. The van der Waals surface area contributed by atoms with Crippen LogP contribution in [-0.2, 0) is 6.42 Å². The van der Waals surface area contributed by atoms with Gasteiger partial charge in [0.15, 0.2) is 0 Å². The van der Waals surface area contributed by atoms with Gasteiger partial charge in [0.25, 0.3) is 5.69 Å². The number of aliphatic hydroxyl groups excluding tert-OH is 1. The molecule has 5 nitrogen and oxygen atoms in total. The molecule has 0 fully saturated rings. The van der Waals surface area contributed by atoms with Crippen LogP contribution in [0.15, 0.2) is 42.5 Å². The second-order valence-corrected chi connectivity index (χ2v) is 4.58. The van der Waals surface area contributed by atoms with E-state index in [0.29, 0.717) is 12.1 Å². The third-order valence-corrected chi connectivity index (χ3v) is 2.80. The summed E-state index contributed by atoms with van der Waals surface area (Å²) < 4.78 is 0. The van der Waals surface area contributed by atoms with E-state index in [-0.39, 0.29) is 11.8 Å². The van der Waals surface area contributed by atoms with E-state index in [1.807, 2.05) is 24.3 Å². The smallest absolute Gasteiger partial charge is 0.293 e. The molecule has 1 radical (unpaired) electrons. The molecule has 0 aliphatic carbocycles. The molecule has 0 heterocycles. The zero-order valence-electron chi connectivity index (χ0n) is 11.0. The Kier molecular flexibility index (Phi) is 4.32. The molecule has 1 atom stereocenters. The van der Waals surface area contributed by atoms with Crippen LogP contribution in [0.2, 0.25) is 0 Å². The van der Waals surface area contributed by atoms with Crippen LogP contribution >= 0.6 is 0 Å². The van der Waals surface area contributed by atoms with E-state index in [0.717, 1.165) is 11.3 Å². The number of nitrogens with zero attached hydrogens (tertiary/aromatic N) is 1. The van der Waals surface area contributed by atoms with Crippen LogP contribution in [0.3, 0.4) is 0 Å². The summed E-state index contributed by atoms with van der Waals surface area (Å²) >= 11 is 0. The fourth-order valence-electron chi connectivity index (χ4n) is 1.90. The second-order valence-electron chi connectivity index (χ2n) is 4.58. The molecular formula is C15H15N2O3. The van der Waals surface area contributed by atoms with Crippen molar-refractivity contribution in [3.05, 3.63) is 64.2 Å². The highest BCUT2D eigenvalue weighted by Crippen LogP contribution is 2.26. The Hall–Kier alpha value is -2.40. The van der Waals surface area contributed by atoms with Crippen molar-refractivity contribution in [1.82, 2.24) is 0 Å². The van der Waals surface area contributed by atoms with Gasteiger partial charge in [-0.3, -0.25) is 10.1 Å². The average molecular weight is 271 g/mol. The Morgan fingerprint density at radius 2 is 2.05 bits per heavy atom. The van der Waals surface area contributed by atoms with Gasteiger partial charge in [-0.2, -0.15) is 0 Å². The van der Waals surface area contributed by atoms with E-state index < -0.39 is 4.92 Å². The lowest BCUT2D eigenvalue weighted by Crippen LogP contribution is -2.04. The van der Waals surface area contributed by atoms with Crippen molar-refractivity contribution in [1.29, 1.82) is 0 Å². The molecule has 0 spiro atoms. The number of nitrogens with one attached hydrogen (secondary N) is 1. The minimum absolute atomic E-state index is 0.0134. The van der Waals surface area contributed by atoms with Gasteiger partial charge in [0.1, 0.15) is 5.69 Å². The molecular weight excluding hydrogens is 256 g/mol. The lowest BCUT2D eigenvalue weighted by molar-refractivity contribution is -0.383. The van der Waals surface area contributed by atoms with Gasteiger partial charge in [-0.1, -0.05) is 18.2 Å². The zero-order chi connectivity index (χ0) is 14.5. The van der Waals surface area contributed by atoms with Crippen molar-refractivity contribution in [2.75, 3.05) is 5.32 Å². The minimum atomic E-state index is -0.444. The van der Waals surface area contributed by atoms with Gasteiger partial charge in [0.2, 0.25) is 0 Å². The lowest BCUT2D eigenvalue weighted by Gasteiger charge is -2.08. The normalized spacial score (nSPS) is 11.9. The molecule has 0 unspecified atom stereocenters. The summed E-state index contributed by atoms with van der Waals surface area (Å²) in [5, 5.41) is 23.2. The molecule has 20 heavy (non-hydrogen) atoms. The van der Waals surface area contributed by atoms with Crippen molar-refractivity contribution in [3.63, 3.8) is 0 Å². The Bertz CT molecular complexity index is 594. The third kappa shape index (κ3) is 3.55. The van der Waals surface area contributed by atoms with E-state index >= 15 is 0 Å². The first-order chi connectivity index (χ1) is 9.56. The molecule has 0 aliphatic rings. The van der Waals surface area contributed by atoms with Gasteiger partial charge >= 0.3 is 0 Å². The highest BCUT2D eigenvalue weighted by Gasteiger charge is 2.12. The zero-order valence-corrected chi connectivity index (χ0v) is 11.0. The third-order valence-electron chi connectivity index (χ3n) is 2.80. The molecule has 2 aromatic rings. The first kappa shape index (κ1) is 14.0. The van der Waals surface area contributed by atoms with Gasteiger partial charge < -0.3 is 10.4 Å². The number of anilines is 2. The minimum Gasteiger partial charge on any atom is -0.393 e. The number of rotatable bonds is 5. The quantitative estimate of drug-likeness (QED) is 0.647. The fourth-order valence-corrected chi connectivity index (χ4v) is 1.90. The Balaban J connectivity index is 2.16. The largest absolute Gasteiger partial charge is 0.393 e. The predicted molar refractivity (Wildman–Crippen MR) is 77.0 cm³/mol. The van der Waals surface area contributed by atoms with Crippen LogP contribution < -0.4 is 5.32 Å². The maximum atomic E-state index is 10.9. The molecule has 0 saturated carbocycles. The first-order valence-corrected chi connectivity index (χ1v) is 6.25. The number of nitro groups is 1.